The number of hydrogen-bond acceptors (Lipinski definition) is 2. The zero-order valence-corrected chi connectivity index (χ0v) is 12.6. The average Bonchev–Trinajstić information content (AvgIpc) is 2.45. The van der Waals surface area contributed by atoms with Gasteiger partial charge in [-0.1, -0.05) is 29.8 Å². The Bertz CT molecular complexity index is 586. The molecule has 1 heterocycles. The van der Waals surface area contributed by atoms with Gasteiger partial charge in [0.15, 0.2) is 0 Å². The first kappa shape index (κ1) is 15.2. The minimum Gasteiger partial charge on any atom is -0.489 e. The van der Waals surface area contributed by atoms with Crippen molar-refractivity contribution in [1.82, 2.24) is 5.32 Å². The van der Waals surface area contributed by atoms with Crippen molar-refractivity contribution in [2.45, 2.75) is 19.6 Å². The molecule has 0 amide bonds. The molecule has 0 spiro atoms. The second-order valence-corrected chi connectivity index (χ2v) is 5.21. The second kappa shape index (κ2) is 6.98. The lowest BCUT2D eigenvalue weighted by Crippen LogP contribution is -2.23. The Kier molecular flexibility index (Phi) is 5.30. The highest BCUT2D eigenvalue weighted by molar-refractivity contribution is 6.30. The molecule has 0 bridgehead atoms. The van der Waals surface area contributed by atoms with Crippen LogP contribution in [0.15, 0.2) is 42.5 Å². The second-order valence-electron chi connectivity index (χ2n) is 4.78. The van der Waals surface area contributed by atoms with Crippen LogP contribution in [0.5, 0.6) is 5.75 Å². The summed E-state index contributed by atoms with van der Waals surface area (Å²) in [7, 11) is 0. The average molecular weight is 310 g/mol. The molecule has 2 aromatic rings. The Morgan fingerprint density at radius 2 is 2.00 bits per heavy atom. The van der Waals surface area contributed by atoms with Crippen LogP contribution in [0.4, 0.5) is 0 Å². The predicted octanol–water partition coefficient (Wildman–Crippen LogP) is 3.99. The fourth-order valence-electron chi connectivity index (χ4n) is 2.34. The van der Waals surface area contributed by atoms with Gasteiger partial charge in [-0.25, -0.2) is 0 Å². The fraction of sp³-hybridized carbons (Fsp3) is 0.250. The van der Waals surface area contributed by atoms with Crippen LogP contribution in [0.2, 0.25) is 5.02 Å². The van der Waals surface area contributed by atoms with Gasteiger partial charge in [-0.05, 0) is 53.9 Å². The molecule has 0 saturated carbocycles. The monoisotopic (exact) mass is 309 g/mol. The molecule has 0 aromatic heterocycles. The topological polar surface area (TPSA) is 21.3 Å². The number of fused-ring (bicyclic) bond motifs is 1. The molecular formula is C16H17Cl2NO. The molecule has 1 aliphatic rings. The largest absolute Gasteiger partial charge is 0.489 e. The van der Waals surface area contributed by atoms with Crippen LogP contribution in [-0.4, -0.2) is 6.54 Å². The lowest BCUT2D eigenvalue weighted by atomic mass is 10.0. The van der Waals surface area contributed by atoms with Gasteiger partial charge in [-0.15, -0.1) is 12.4 Å². The molecule has 0 fully saturated rings. The molecular weight excluding hydrogens is 293 g/mol. The Morgan fingerprint density at radius 3 is 2.85 bits per heavy atom. The van der Waals surface area contributed by atoms with Crippen molar-refractivity contribution in [3.8, 4) is 5.75 Å². The van der Waals surface area contributed by atoms with Crippen LogP contribution in [0, 0.1) is 0 Å². The molecule has 20 heavy (non-hydrogen) atoms. The van der Waals surface area contributed by atoms with E-state index in [1.165, 1.54) is 11.1 Å². The van der Waals surface area contributed by atoms with Crippen LogP contribution in [-0.2, 0) is 19.6 Å². The van der Waals surface area contributed by atoms with E-state index in [2.05, 4.69) is 23.5 Å². The van der Waals surface area contributed by atoms with Gasteiger partial charge in [0.25, 0.3) is 0 Å². The Morgan fingerprint density at radius 1 is 1.10 bits per heavy atom. The molecule has 2 nitrogen and oxygen atoms in total. The normalized spacial score (nSPS) is 13.2. The molecule has 3 rings (SSSR count). The first-order valence-corrected chi connectivity index (χ1v) is 6.89. The molecule has 106 valence electrons. The van der Waals surface area contributed by atoms with Crippen molar-refractivity contribution in [1.29, 1.82) is 0 Å². The van der Waals surface area contributed by atoms with Crippen molar-refractivity contribution in [2.75, 3.05) is 6.54 Å². The third-order valence-electron chi connectivity index (χ3n) is 3.36. The summed E-state index contributed by atoms with van der Waals surface area (Å²) in [6.45, 7) is 2.55. The van der Waals surface area contributed by atoms with Crippen LogP contribution >= 0.6 is 24.0 Å². The molecule has 0 unspecified atom stereocenters. The lowest BCUT2D eigenvalue weighted by molar-refractivity contribution is 0.305. The highest BCUT2D eigenvalue weighted by Gasteiger charge is 2.09. The van der Waals surface area contributed by atoms with E-state index in [9.17, 15) is 0 Å². The summed E-state index contributed by atoms with van der Waals surface area (Å²) < 4.78 is 5.83. The van der Waals surface area contributed by atoms with Crippen molar-refractivity contribution in [3.05, 3.63) is 64.2 Å². The predicted molar refractivity (Wildman–Crippen MR) is 84.9 cm³/mol. The maximum Gasteiger partial charge on any atom is 0.120 e. The first-order valence-electron chi connectivity index (χ1n) is 6.51. The molecule has 4 heteroatoms. The van der Waals surface area contributed by atoms with Crippen molar-refractivity contribution in [2.24, 2.45) is 0 Å². The SMILES string of the molecule is Cl.Clc1cccc(COc2ccc3c(c2)CNCC3)c1. The third-order valence-corrected chi connectivity index (χ3v) is 3.59. The molecule has 1 aliphatic heterocycles. The third kappa shape index (κ3) is 3.66. The number of benzene rings is 2. The van der Waals surface area contributed by atoms with Crippen molar-refractivity contribution < 1.29 is 4.74 Å². The maximum absolute atomic E-state index is 5.96. The summed E-state index contributed by atoms with van der Waals surface area (Å²) in [6.07, 6.45) is 1.10. The van der Waals surface area contributed by atoms with E-state index in [4.69, 9.17) is 16.3 Å². The minimum absolute atomic E-state index is 0. The van der Waals surface area contributed by atoms with Crippen LogP contribution in [0.25, 0.3) is 0 Å². The van der Waals surface area contributed by atoms with Gasteiger partial charge in [0.2, 0.25) is 0 Å². The van der Waals surface area contributed by atoms with E-state index in [0.717, 1.165) is 35.8 Å². The van der Waals surface area contributed by atoms with Gasteiger partial charge >= 0.3 is 0 Å². The number of rotatable bonds is 3. The quantitative estimate of drug-likeness (QED) is 0.925. The number of nitrogens with one attached hydrogen (secondary N) is 1. The summed E-state index contributed by atoms with van der Waals surface area (Å²) in [4.78, 5) is 0. The van der Waals surface area contributed by atoms with E-state index >= 15 is 0 Å². The number of ether oxygens (including phenoxy) is 1. The summed E-state index contributed by atoms with van der Waals surface area (Å²) in [5, 5.41) is 4.12. The number of halogens is 2. The Labute approximate surface area is 130 Å². The number of hydrogen-bond donors (Lipinski definition) is 1. The van der Waals surface area contributed by atoms with E-state index in [1.54, 1.807) is 0 Å². The van der Waals surface area contributed by atoms with Gasteiger partial charge in [-0.2, -0.15) is 0 Å². The first-order chi connectivity index (χ1) is 9.31. The Hall–Kier alpha value is -1.22. The van der Waals surface area contributed by atoms with E-state index in [-0.39, 0.29) is 12.4 Å². The Balaban J connectivity index is 0.00000147. The smallest absolute Gasteiger partial charge is 0.120 e. The fourth-order valence-corrected chi connectivity index (χ4v) is 2.55. The molecule has 2 aromatic carbocycles. The molecule has 0 radical (unpaired) electrons. The lowest BCUT2D eigenvalue weighted by Gasteiger charge is -2.18. The van der Waals surface area contributed by atoms with Crippen LogP contribution in [0.1, 0.15) is 16.7 Å². The molecule has 0 atom stereocenters. The van der Waals surface area contributed by atoms with Crippen LogP contribution in [0.3, 0.4) is 0 Å². The highest BCUT2D eigenvalue weighted by atomic mass is 35.5. The van der Waals surface area contributed by atoms with Crippen LogP contribution < -0.4 is 10.1 Å². The van der Waals surface area contributed by atoms with E-state index < -0.39 is 0 Å². The summed E-state index contributed by atoms with van der Waals surface area (Å²) in [5.41, 5.74) is 3.85. The van der Waals surface area contributed by atoms with Gasteiger partial charge in [-0.3, -0.25) is 0 Å². The molecule has 0 aliphatic carbocycles. The van der Waals surface area contributed by atoms with Crippen molar-refractivity contribution >= 4 is 24.0 Å². The standard InChI is InChI=1S/C16H16ClNO.ClH/c17-15-3-1-2-12(8-15)11-19-16-5-4-13-6-7-18-10-14(13)9-16;/h1-5,8-9,18H,6-7,10-11H2;1H. The summed E-state index contributed by atoms with van der Waals surface area (Å²) in [5.74, 6) is 0.919. The van der Waals surface area contributed by atoms with Crippen molar-refractivity contribution in [3.63, 3.8) is 0 Å². The van der Waals surface area contributed by atoms with Gasteiger partial charge < -0.3 is 10.1 Å². The maximum atomic E-state index is 5.96. The van der Waals surface area contributed by atoms with Gasteiger partial charge in [0.05, 0.1) is 0 Å². The zero-order valence-electron chi connectivity index (χ0n) is 11.1. The molecule has 0 saturated heterocycles. The minimum atomic E-state index is 0. The van der Waals surface area contributed by atoms with E-state index in [0.29, 0.717) is 6.61 Å². The zero-order chi connectivity index (χ0) is 13.1. The highest BCUT2D eigenvalue weighted by Crippen LogP contribution is 2.21. The van der Waals surface area contributed by atoms with Gasteiger partial charge in [0.1, 0.15) is 12.4 Å². The molecule has 1 N–H and O–H groups in total. The van der Waals surface area contributed by atoms with E-state index in [1.807, 2.05) is 24.3 Å². The summed E-state index contributed by atoms with van der Waals surface area (Å²) in [6, 6.07) is 14.1. The van der Waals surface area contributed by atoms with Gasteiger partial charge in [0, 0.05) is 11.6 Å². The summed E-state index contributed by atoms with van der Waals surface area (Å²) >= 11 is 5.96.